The second-order valence-corrected chi connectivity index (χ2v) is 6.94. The van der Waals surface area contributed by atoms with Crippen LogP contribution in [-0.2, 0) is 6.42 Å². The lowest BCUT2D eigenvalue weighted by atomic mass is 9.91. The fourth-order valence-electron chi connectivity index (χ4n) is 3.06. The molecule has 26 heavy (non-hydrogen) atoms. The fraction of sp³-hybridized carbons (Fsp3) is 0.304. The Kier molecular flexibility index (Phi) is 6.51. The quantitative estimate of drug-likeness (QED) is 0.683. The summed E-state index contributed by atoms with van der Waals surface area (Å²) in [5, 5.41) is 12.7. The van der Waals surface area contributed by atoms with Crippen LogP contribution in [0.2, 0.25) is 0 Å². The summed E-state index contributed by atoms with van der Waals surface area (Å²) in [6.07, 6.45) is 4.76. The van der Waals surface area contributed by atoms with E-state index in [1.165, 1.54) is 16.8 Å². The lowest BCUT2D eigenvalue weighted by Crippen LogP contribution is -2.31. The molecule has 138 valence electrons. The number of phenols is 1. The summed E-state index contributed by atoms with van der Waals surface area (Å²) in [7, 11) is 0. The van der Waals surface area contributed by atoms with Crippen LogP contribution < -0.4 is 10.1 Å². The summed E-state index contributed by atoms with van der Waals surface area (Å²) in [4.78, 5) is 0. The zero-order valence-corrected chi connectivity index (χ0v) is 16.2. The molecule has 0 bridgehead atoms. The van der Waals surface area contributed by atoms with Crippen molar-refractivity contribution in [1.82, 2.24) is 0 Å². The number of hydrogen-bond donors (Lipinski definition) is 2. The maximum absolute atomic E-state index is 9.19. The molecule has 0 spiro atoms. The second-order valence-electron chi connectivity index (χ2n) is 6.94. The first-order valence-corrected chi connectivity index (χ1v) is 8.99. The summed E-state index contributed by atoms with van der Waals surface area (Å²) in [5.41, 5.74) is 4.70. The van der Waals surface area contributed by atoms with Crippen molar-refractivity contribution in [1.29, 1.82) is 0 Å². The fourth-order valence-corrected chi connectivity index (χ4v) is 3.06. The number of hydrogen-bond acceptors (Lipinski definition) is 3. The first-order chi connectivity index (χ1) is 12.4. The Labute approximate surface area is 157 Å². The van der Waals surface area contributed by atoms with Crippen molar-refractivity contribution >= 4 is 11.3 Å². The summed E-state index contributed by atoms with van der Waals surface area (Å²) >= 11 is 0. The van der Waals surface area contributed by atoms with Gasteiger partial charge in [0.1, 0.15) is 11.5 Å². The van der Waals surface area contributed by atoms with Crippen LogP contribution in [0.25, 0.3) is 5.57 Å². The van der Waals surface area contributed by atoms with Crippen LogP contribution >= 0.6 is 0 Å². The predicted octanol–water partition coefficient (Wildman–Crippen LogP) is 5.81. The first kappa shape index (κ1) is 19.6. The molecule has 1 heterocycles. The van der Waals surface area contributed by atoms with Crippen molar-refractivity contribution in [2.75, 3.05) is 11.9 Å². The van der Waals surface area contributed by atoms with E-state index in [0.29, 0.717) is 12.4 Å². The minimum Gasteiger partial charge on any atom is -0.508 e. The topological polar surface area (TPSA) is 41.5 Å². The SMILES string of the molecule is C=CCc1ccccc1O.CCOc1ccc2c(c1)C(C)=CC(C)(C)N2. The minimum absolute atomic E-state index is 0.0320. The molecule has 3 rings (SSSR count). The summed E-state index contributed by atoms with van der Waals surface area (Å²) in [5.74, 6) is 1.29. The zero-order valence-electron chi connectivity index (χ0n) is 16.2. The molecule has 1 aliphatic rings. The summed E-state index contributed by atoms with van der Waals surface area (Å²) < 4.78 is 5.52. The van der Waals surface area contributed by atoms with Gasteiger partial charge in [0.15, 0.2) is 0 Å². The van der Waals surface area contributed by atoms with Gasteiger partial charge in [-0.25, -0.2) is 0 Å². The van der Waals surface area contributed by atoms with E-state index in [9.17, 15) is 5.11 Å². The third-order valence-electron chi connectivity index (χ3n) is 4.12. The molecule has 0 saturated carbocycles. The van der Waals surface area contributed by atoms with E-state index in [-0.39, 0.29) is 5.54 Å². The number of benzene rings is 2. The van der Waals surface area contributed by atoms with Crippen molar-refractivity contribution in [3.05, 3.63) is 72.3 Å². The van der Waals surface area contributed by atoms with Crippen LogP contribution in [0.4, 0.5) is 5.69 Å². The Hall–Kier alpha value is -2.68. The van der Waals surface area contributed by atoms with Gasteiger partial charge in [0.25, 0.3) is 0 Å². The van der Waals surface area contributed by atoms with Crippen molar-refractivity contribution in [3.63, 3.8) is 0 Å². The Bertz CT molecular complexity index is 791. The monoisotopic (exact) mass is 351 g/mol. The maximum atomic E-state index is 9.19. The van der Waals surface area contributed by atoms with Crippen LogP contribution in [0, 0.1) is 0 Å². The lowest BCUT2D eigenvalue weighted by Gasteiger charge is -2.31. The van der Waals surface area contributed by atoms with Gasteiger partial charge in [-0.05, 0) is 69.5 Å². The van der Waals surface area contributed by atoms with E-state index in [2.05, 4.69) is 50.9 Å². The van der Waals surface area contributed by atoms with E-state index < -0.39 is 0 Å². The minimum atomic E-state index is 0.0320. The molecule has 0 amide bonds. The van der Waals surface area contributed by atoms with Crippen molar-refractivity contribution < 1.29 is 9.84 Å². The molecule has 0 radical (unpaired) electrons. The molecular formula is C23H29NO2. The van der Waals surface area contributed by atoms with Crippen LogP contribution in [-0.4, -0.2) is 17.3 Å². The van der Waals surface area contributed by atoms with Gasteiger partial charge in [-0.1, -0.05) is 30.4 Å². The number of aromatic hydroxyl groups is 1. The number of phenolic OH excluding ortho intramolecular Hbond substituents is 1. The number of nitrogens with one attached hydrogen (secondary N) is 1. The highest BCUT2D eigenvalue weighted by Gasteiger charge is 2.22. The molecule has 3 heteroatoms. The largest absolute Gasteiger partial charge is 0.508 e. The van der Waals surface area contributed by atoms with E-state index in [1.807, 2.05) is 31.2 Å². The van der Waals surface area contributed by atoms with Crippen molar-refractivity contribution in [2.45, 2.75) is 39.7 Å². The van der Waals surface area contributed by atoms with Crippen LogP contribution in [0.15, 0.2) is 61.2 Å². The molecular weight excluding hydrogens is 322 g/mol. The molecule has 0 atom stereocenters. The zero-order chi connectivity index (χ0) is 19.2. The summed E-state index contributed by atoms with van der Waals surface area (Å²) in [6.45, 7) is 12.8. The molecule has 2 aromatic rings. The van der Waals surface area contributed by atoms with Crippen molar-refractivity contribution in [2.24, 2.45) is 0 Å². The Balaban J connectivity index is 0.000000209. The van der Waals surface area contributed by atoms with E-state index in [4.69, 9.17) is 4.74 Å². The van der Waals surface area contributed by atoms with Crippen LogP contribution in [0.3, 0.4) is 0 Å². The standard InChI is InChI=1S/C14H19NO.C9H10O/c1-5-16-11-6-7-13-12(8-11)10(2)9-14(3,4)15-13;1-2-5-8-6-3-4-7-9(8)10/h6-9,15H,5H2,1-4H3;2-4,6-7,10H,1,5H2. The van der Waals surface area contributed by atoms with Gasteiger partial charge < -0.3 is 15.2 Å². The van der Waals surface area contributed by atoms with Gasteiger partial charge in [-0.2, -0.15) is 0 Å². The molecule has 1 aliphatic heterocycles. The van der Waals surface area contributed by atoms with Gasteiger partial charge in [0, 0.05) is 11.3 Å². The highest BCUT2D eigenvalue weighted by atomic mass is 16.5. The van der Waals surface area contributed by atoms with Gasteiger partial charge in [0.2, 0.25) is 0 Å². The molecule has 0 saturated heterocycles. The molecule has 2 N–H and O–H groups in total. The predicted molar refractivity (Wildman–Crippen MR) is 111 cm³/mol. The highest BCUT2D eigenvalue weighted by Crippen LogP contribution is 2.35. The van der Waals surface area contributed by atoms with E-state index in [0.717, 1.165) is 17.7 Å². The van der Waals surface area contributed by atoms with Crippen molar-refractivity contribution in [3.8, 4) is 11.5 Å². The highest BCUT2D eigenvalue weighted by molar-refractivity contribution is 5.80. The first-order valence-electron chi connectivity index (χ1n) is 8.99. The average molecular weight is 351 g/mol. The summed E-state index contributed by atoms with van der Waals surface area (Å²) in [6, 6.07) is 13.5. The third kappa shape index (κ3) is 5.16. The smallest absolute Gasteiger partial charge is 0.120 e. The van der Waals surface area contributed by atoms with Gasteiger partial charge in [0.05, 0.1) is 12.1 Å². The van der Waals surface area contributed by atoms with Gasteiger partial charge in [-0.15, -0.1) is 6.58 Å². The molecule has 2 aromatic carbocycles. The number of anilines is 1. The number of ether oxygens (including phenoxy) is 1. The molecule has 0 unspecified atom stereocenters. The Morgan fingerprint density at radius 1 is 1.19 bits per heavy atom. The number of fused-ring (bicyclic) bond motifs is 1. The van der Waals surface area contributed by atoms with Crippen LogP contribution in [0.1, 0.15) is 38.8 Å². The normalized spacial score (nSPS) is 14.1. The average Bonchev–Trinajstić information content (AvgIpc) is 2.58. The third-order valence-corrected chi connectivity index (χ3v) is 4.12. The molecule has 3 nitrogen and oxygen atoms in total. The Morgan fingerprint density at radius 2 is 1.92 bits per heavy atom. The number of allylic oxidation sites excluding steroid dienone is 2. The lowest BCUT2D eigenvalue weighted by molar-refractivity contribution is 0.340. The van der Waals surface area contributed by atoms with E-state index >= 15 is 0 Å². The second kappa shape index (κ2) is 8.61. The van der Waals surface area contributed by atoms with Crippen LogP contribution in [0.5, 0.6) is 11.5 Å². The molecule has 0 aromatic heterocycles. The van der Waals surface area contributed by atoms with E-state index in [1.54, 1.807) is 12.1 Å². The Morgan fingerprint density at radius 3 is 2.58 bits per heavy atom. The number of para-hydroxylation sites is 1. The van der Waals surface area contributed by atoms with Gasteiger partial charge in [-0.3, -0.25) is 0 Å². The molecule has 0 fully saturated rings. The van der Waals surface area contributed by atoms with Gasteiger partial charge >= 0.3 is 0 Å². The number of rotatable bonds is 4. The maximum Gasteiger partial charge on any atom is 0.120 e. The molecule has 0 aliphatic carbocycles.